The van der Waals surface area contributed by atoms with E-state index in [-0.39, 0.29) is 0 Å². The molecule has 5 heteroatoms. The first-order valence-electron chi connectivity index (χ1n) is 7.21. The predicted molar refractivity (Wildman–Crippen MR) is 84.5 cm³/mol. The molecular formula is C15H26N2O2S. The number of hydrogen-bond donors (Lipinski definition) is 1. The Balaban J connectivity index is 2.81. The topological polar surface area (TPSA) is 49.4 Å². The summed E-state index contributed by atoms with van der Waals surface area (Å²) in [6, 6.07) is 7.46. The van der Waals surface area contributed by atoms with Gasteiger partial charge in [0.25, 0.3) is 0 Å². The van der Waals surface area contributed by atoms with Crippen molar-refractivity contribution >= 4 is 15.7 Å². The molecule has 0 unspecified atom stereocenters. The first-order chi connectivity index (χ1) is 9.41. The van der Waals surface area contributed by atoms with Crippen LogP contribution in [-0.2, 0) is 10.0 Å². The van der Waals surface area contributed by atoms with Crippen LogP contribution in [0.3, 0.4) is 0 Å². The second-order valence-electron chi connectivity index (χ2n) is 5.23. The highest BCUT2D eigenvalue weighted by Gasteiger charge is 2.16. The molecule has 0 aromatic heterocycles. The molecule has 0 bridgehead atoms. The molecule has 1 N–H and O–H groups in total. The Morgan fingerprint density at radius 2 is 1.55 bits per heavy atom. The largest absolute Gasteiger partial charge is 0.382 e. The van der Waals surface area contributed by atoms with Crippen LogP contribution in [0.2, 0.25) is 0 Å². The average molecular weight is 298 g/mol. The van der Waals surface area contributed by atoms with Crippen LogP contribution in [-0.4, -0.2) is 32.9 Å². The fourth-order valence-corrected chi connectivity index (χ4v) is 3.06. The Labute approximate surface area is 123 Å². The van der Waals surface area contributed by atoms with E-state index in [2.05, 4.69) is 19.2 Å². The van der Waals surface area contributed by atoms with Gasteiger partial charge in [-0.2, -0.15) is 0 Å². The lowest BCUT2D eigenvalue weighted by Crippen LogP contribution is -2.22. The SMILES string of the molecule is CCCC(CCC)Nc1ccc(S(=O)(=O)N(C)C)cc1. The van der Waals surface area contributed by atoms with Crippen LogP contribution in [0.5, 0.6) is 0 Å². The normalized spacial score (nSPS) is 12.1. The Kier molecular flexibility index (Phi) is 6.49. The average Bonchev–Trinajstić information content (AvgIpc) is 2.39. The highest BCUT2D eigenvalue weighted by Crippen LogP contribution is 2.19. The van der Waals surface area contributed by atoms with Gasteiger partial charge in [-0.05, 0) is 37.1 Å². The number of anilines is 1. The van der Waals surface area contributed by atoms with Crippen LogP contribution in [0.15, 0.2) is 29.2 Å². The summed E-state index contributed by atoms with van der Waals surface area (Å²) < 4.78 is 25.2. The molecule has 1 rings (SSSR count). The first-order valence-corrected chi connectivity index (χ1v) is 8.65. The Morgan fingerprint density at radius 3 is 1.95 bits per heavy atom. The molecule has 1 aromatic rings. The summed E-state index contributed by atoms with van der Waals surface area (Å²) in [6.07, 6.45) is 4.55. The number of hydrogen-bond acceptors (Lipinski definition) is 3. The third kappa shape index (κ3) is 4.49. The summed E-state index contributed by atoms with van der Waals surface area (Å²) in [5.74, 6) is 0. The lowest BCUT2D eigenvalue weighted by molar-refractivity contribution is 0.521. The molecule has 0 aliphatic rings. The maximum atomic E-state index is 12.0. The Hall–Kier alpha value is -1.07. The monoisotopic (exact) mass is 298 g/mol. The Bertz CT molecular complexity index is 489. The fourth-order valence-electron chi connectivity index (χ4n) is 2.16. The van der Waals surface area contributed by atoms with Crippen molar-refractivity contribution in [3.05, 3.63) is 24.3 Å². The maximum absolute atomic E-state index is 12.0. The van der Waals surface area contributed by atoms with E-state index in [1.165, 1.54) is 4.31 Å². The number of nitrogens with one attached hydrogen (secondary N) is 1. The smallest absolute Gasteiger partial charge is 0.242 e. The summed E-state index contributed by atoms with van der Waals surface area (Å²) in [6.45, 7) is 4.36. The summed E-state index contributed by atoms with van der Waals surface area (Å²) in [5.41, 5.74) is 0.981. The summed E-state index contributed by atoms with van der Waals surface area (Å²) >= 11 is 0. The minimum absolute atomic E-state index is 0.329. The van der Waals surface area contributed by atoms with Gasteiger partial charge in [-0.3, -0.25) is 0 Å². The van der Waals surface area contributed by atoms with Crippen LogP contribution >= 0.6 is 0 Å². The van der Waals surface area contributed by atoms with Gasteiger partial charge < -0.3 is 5.32 Å². The molecular weight excluding hydrogens is 272 g/mol. The zero-order chi connectivity index (χ0) is 15.2. The second-order valence-corrected chi connectivity index (χ2v) is 7.38. The molecule has 0 aliphatic heterocycles. The van der Waals surface area contributed by atoms with E-state index in [1.807, 2.05) is 12.1 Å². The number of sulfonamides is 1. The molecule has 20 heavy (non-hydrogen) atoms. The van der Waals surface area contributed by atoms with Gasteiger partial charge in [-0.1, -0.05) is 26.7 Å². The molecule has 0 heterocycles. The first kappa shape index (κ1) is 17.0. The number of rotatable bonds is 8. The minimum Gasteiger partial charge on any atom is -0.382 e. The summed E-state index contributed by atoms with van der Waals surface area (Å²) in [4.78, 5) is 0.329. The van der Waals surface area contributed by atoms with Gasteiger partial charge in [0, 0.05) is 25.8 Å². The number of benzene rings is 1. The number of nitrogens with zero attached hydrogens (tertiary/aromatic N) is 1. The van der Waals surface area contributed by atoms with Crippen LogP contribution < -0.4 is 5.32 Å². The minimum atomic E-state index is -3.34. The van der Waals surface area contributed by atoms with Gasteiger partial charge in [-0.25, -0.2) is 12.7 Å². The highest BCUT2D eigenvalue weighted by molar-refractivity contribution is 7.89. The lowest BCUT2D eigenvalue weighted by atomic mass is 10.1. The second kappa shape index (κ2) is 7.64. The molecule has 0 amide bonds. The quantitative estimate of drug-likeness (QED) is 0.801. The zero-order valence-electron chi connectivity index (χ0n) is 12.9. The van der Waals surface area contributed by atoms with E-state index in [4.69, 9.17) is 0 Å². The van der Waals surface area contributed by atoms with Crippen LogP contribution in [0.4, 0.5) is 5.69 Å². The predicted octanol–water partition coefficient (Wildman–Crippen LogP) is 3.32. The standard InChI is InChI=1S/C15H26N2O2S/c1-5-7-13(8-6-2)16-14-9-11-15(12-10-14)20(18,19)17(3)4/h9-13,16H,5-8H2,1-4H3. The van der Waals surface area contributed by atoms with Gasteiger partial charge in [0.1, 0.15) is 0 Å². The zero-order valence-corrected chi connectivity index (χ0v) is 13.7. The van der Waals surface area contributed by atoms with Gasteiger partial charge in [0.2, 0.25) is 10.0 Å². The molecule has 0 radical (unpaired) electrons. The third-order valence-electron chi connectivity index (χ3n) is 3.28. The summed E-state index contributed by atoms with van der Waals surface area (Å²) in [5, 5.41) is 3.48. The molecule has 1 aromatic carbocycles. The van der Waals surface area contributed by atoms with Gasteiger partial charge in [0.15, 0.2) is 0 Å². The maximum Gasteiger partial charge on any atom is 0.242 e. The molecule has 0 atom stereocenters. The van der Waals surface area contributed by atoms with Crippen molar-refractivity contribution < 1.29 is 8.42 Å². The van der Waals surface area contributed by atoms with Crippen molar-refractivity contribution in [2.45, 2.75) is 50.5 Å². The molecule has 0 saturated heterocycles. The van der Waals surface area contributed by atoms with E-state index < -0.39 is 10.0 Å². The van der Waals surface area contributed by atoms with E-state index in [0.29, 0.717) is 10.9 Å². The van der Waals surface area contributed by atoms with Gasteiger partial charge >= 0.3 is 0 Å². The molecule has 4 nitrogen and oxygen atoms in total. The molecule has 0 saturated carbocycles. The van der Waals surface area contributed by atoms with E-state index in [1.54, 1.807) is 26.2 Å². The van der Waals surface area contributed by atoms with E-state index >= 15 is 0 Å². The van der Waals surface area contributed by atoms with Crippen molar-refractivity contribution in [3.8, 4) is 0 Å². The van der Waals surface area contributed by atoms with E-state index in [9.17, 15) is 8.42 Å². The molecule has 0 fully saturated rings. The third-order valence-corrected chi connectivity index (χ3v) is 5.11. The van der Waals surface area contributed by atoms with Crippen LogP contribution in [0, 0.1) is 0 Å². The fraction of sp³-hybridized carbons (Fsp3) is 0.600. The summed E-state index contributed by atoms with van der Waals surface area (Å²) in [7, 11) is -0.254. The van der Waals surface area contributed by atoms with E-state index in [0.717, 1.165) is 31.4 Å². The van der Waals surface area contributed by atoms with Crippen molar-refractivity contribution in [3.63, 3.8) is 0 Å². The van der Waals surface area contributed by atoms with Crippen molar-refractivity contribution in [1.29, 1.82) is 0 Å². The van der Waals surface area contributed by atoms with Gasteiger partial charge in [0.05, 0.1) is 4.90 Å². The Morgan fingerprint density at radius 1 is 1.05 bits per heavy atom. The van der Waals surface area contributed by atoms with Crippen molar-refractivity contribution in [1.82, 2.24) is 4.31 Å². The molecule has 0 spiro atoms. The van der Waals surface area contributed by atoms with Crippen molar-refractivity contribution in [2.75, 3.05) is 19.4 Å². The van der Waals surface area contributed by atoms with Gasteiger partial charge in [-0.15, -0.1) is 0 Å². The lowest BCUT2D eigenvalue weighted by Gasteiger charge is -2.19. The molecule has 0 aliphatic carbocycles. The van der Waals surface area contributed by atoms with Crippen molar-refractivity contribution in [2.24, 2.45) is 0 Å². The molecule has 114 valence electrons. The van der Waals surface area contributed by atoms with Crippen LogP contribution in [0.25, 0.3) is 0 Å². The highest BCUT2D eigenvalue weighted by atomic mass is 32.2. The van der Waals surface area contributed by atoms with Crippen LogP contribution in [0.1, 0.15) is 39.5 Å².